The first-order valence-electron chi connectivity index (χ1n) is 6.95. The van der Waals surface area contributed by atoms with E-state index in [1.807, 2.05) is 0 Å². The van der Waals surface area contributed by atoms with Crippen LogP contribution in [0.2, 0.25) is 0 Å². The van der Waals surface area contributed by atoms with Gasteiger partial charge in [-0.15, -0.1) is 0 Å². The zero-order valence-corrected chi connectivity index (χ0v) is 11.4. The molecule has 2 rings (SSSR count). The number of carbonyl (C=O) groups is 1. The van der Waals surface area contributed by atoms with E-state index in [0.29, 0.717) is 12.2 Å². The van der Waals surface area contributed by atoms with Gasteiger partial charge in [-0.2, -0.15) is 0 Å². The fourth-order valence-corrected chi connectivity index (χ4v) is 2.66. The molecule has 1 unspecified atom stereocenters. The first-order chi connectivity index (χ1) is 9.20. The number of nitrogens with zero attached hydrogens (tertiary/aromatic N) is 3. The minimum atomic E-state index is -0.947. The number of hydrogen-bond donors (Lipinski definition) is 1. The van der Waals surface area contributed by atoms with Gasteiger partial charge in [-0.25, -0.2) is 14.8 Å². The fraction of sp³-hybridized carbons (Fsp3) is 0.643. The molecule has 0 aliphatic carbocycles. The largest absolute Gasteiger partial charge is 0.478 e. The summed E-state index contributed by atoms with van der Waals surface area (Å²) in [6, 6.07) is 0. The monoisotopic (exact) mass is 263 g/mol. The molecular formula is C14H21N3O2. The van der Waals surface area contributed by atoms with Gasteiger partial charge in [-0.05, 0) is 38.3 Å². The van der Waals surface area contributed by atoms with Crippen molar-refractivity contribution in [2.45, 2.75) is 39.2 Å². The molecule has 2 heterocycles. The highest BCUT2D eigenvalue weighted by atomic mass is 16.4. The molecular weight excluding hydrogens is 242 g/mol. The Labute approximate surface area is 113 Å². The molecule has 19 heavy (non-hydrogen) atoms. The van der Waals surface area contributed by atoms with Crippen molar-refractivity contribution in [1.82, 2.24) is 14.9 Å². The second-order valence-electron chi connectivity index (χ2n) is 5.17. The summed E-state index contributed by atoms with van der Waals surface area (Å²) in [4.78, 5) is 21.4. The molecule has 0 spiro atoms. The van der Waals surface area contributed by atoms with Gasteiger partial charge in [-0.1, -0.05) is 13.3 Å². The van der Waals surface area contributed by atoms with Crippen molar-refractivity contribution in [3.63, 3.8) is 0 Å². The molecule has 1 aliphatic rings. The van der Waals surface area contributed by atoms with Gasteiger partial charge in [0.1, 0.15) is 11.9 Å². The average Bonchev–Trinajstić information content (AvgIpc) is 2.64. The molecule has 1 fully saturated rings. The number of likely N-dealkylation sites (tertiary alicyclic amines) is 1. The van der Waals surface area contributed by atoms with E-state index in [9.17, 15) is 4.79 Å². The lowest BCUT2D eigenvalue weighted by Gasteiger charge is -2.20. The highest BCUT2D eigenvalue weighted by Gasteiger charge is 2.19. The Morgan fingerprint density at radius 1 is 1.47 bits per heavy atom. The van der Waals surface area contributed by atoms with Crippen LogP contribution in [-0.2, 0) is 6.54 Å². The second-order valence-corrected chi connectivity index (χ2v) is 5.17. The molecule has 104 valence electrons. The highest BCUT2D eigenvalue weighted by molar-refractivity contribution is 5.88. The third-order valence-electron chi connectivity index (χ3n) is 3.92. The van der Waals surface area contributed by atoms with Crippen molar-refractivity contribution in [2.24, 2.45) is 5.92 Å². The predicted octanol–water partition coefficient (Wildman–Crippen LogP) is 2.19. The maximum atomic E-state index is 11.1. The van der Waals surface area contributed by atoms with Crippen LogP contribution >= 0.6 is 0 Å². The van der Waals surface area contributed by atoms with Crippen LogP contribution in [-0.4, -0.2) is 39.0 Å². The number of carboxylic acids is 1. The lowest BCUT2D eigenvalue weighted by atomic mass is 9.98. The lowest BCUT2D eigenvalue weighted by molar-refractivity contribution is 0.0693. The average molecular weight is 263 g/mol. The maximum Gasteiger partial charge on any atom is 0.339 e. The standard InChI is InChI=1S/C14H21N3O2/c1-2-11-4-3-6-17(7-5-11)9-13-12(14(18)19)8-15-10-16-13/h8,10-11H,2-7,9H2,1H3,(H,18,19). The van der Waals surface area contributed by atoms with Crippen LogP contribution in [0.3, 0.4) is 0 Å². The summed E-state index contributed by atoms with van der Waals surface area (Å²) < 4.78 is 0. The number of carboxylic acid groups (broad SMARTS) is 1. The third kappa shape index (κ3) is 3.73. The molecule has 0 saturated carbocycles. The summed E-state index contributed by atoms with van der Waals surface area (Å²) in [5, 5.41) is 9.13. The Hall–Kier alpha value is -1.49. The molecule has 1 N–H and O–H groups in total. The summed E-state index contributed by atoms with van der Waals surface area (Å²) in [5.41, 5.74) is 0.844. The van der Waals surface area contributed by atoms with Crippen LogP contribution in [0.1, 0.15) is 48.7 Å². The van der Waals surface area contributed by atoms with Gasteiger partial charge in [0.2, 0.25) is 0 Å². The van der Waals surface area contributed by atoms with Gasteiger partial charge < -0.3 is 5.11 Å². The molecule has 0 aromatic carbocycles. The Kier molecular flexibility index (Phi) is 4.85. The first kappa shape index (κ1) is 13.9. The quantitative estimate of drug-likeness (QED) is 0.902. The van der Waals surface area contributed by atoms with Crippen molar-refractivity contribution in [3.8, 4) is 0 Å². The van der Waals surface area contributed by atoms with Crippen molar-refractivity contribution in [3.05, 3.63) is 23.8 Å². The zero-order valence-electron chi connectivity index (χ0n) is 11.4. The Bertz CT molecular complexity index is 436. The van der Waals surface area contributed by atoms with Crippen molar-refractivity contribution in [2.75, 3.05) is 13.1 Å². The van der Waals surface area contributed by atoms with Crippen LogP contribution in [0.25, 0.3) is 0 Å². The van der Waals surface area contributed by atoms with E-state index in [-0.39, 0.29) is 5.56 Å². The van der Waals surface area contributed by atoms with E-state index in [1.54, 1.807) is 0 Å². The van der Waals surface area contributed by atoms with Gasteiger partial charge in [-0.3, -0.25) is 4.90 Å². The van der Waals surface area contributed by atoms with Crippen LogP contribution in [0.5, 0.6) is 0 Å². The van der Waals surface area contributed by atoms with E-state index >= 15 is 0 Å². The molecule has 5 heteroatoms. The van der Waals surface area contributed by atoms with E-state index in [2.05, 4.69) is 21.8 Å². The third-order valence-corrected chi connectivity index (χ3v) is 3.92. The normalized spacial score (nSPS) is 21.0. The summed E-state index contributed by atoms with van der Waals surface area (Å²) in [6.45, 7) is 4.91. The topological polar surface area (TPSA) is 66.3 Å². The minimum Gasteiger partial charge on any atom is -0.478 e. The SMILES string of the molecule is CCC1CCCN(Cc2ncncc2C(=O)O)CC1. The summed E-state index contributed by atoms with van der Waals surface area (Å²) >= 11 is 0. The van der Waals surface area contributed by atoms with Crippen molar-refractivity contribution in [1.29, 1.82) is 0 Å². The predicted molar refractivity (Wildman–Crippen MR) is 71.9 cm³/mol. The molecule has 1 aromatic rings. The van der Waals surface area contributed by atoms with Gasteiger partial charge in [0.15, 0.2) is 0 Å². The van der Waals surface area contributed by atoms with Crippen molar-refractivity contribution < 1.29 is 9.90 Å². The molecule has 0 amide bonds. The van der Waals surface area contributed by atoms with E-state index in [4.69, 9.17) is 5.11 Å². The number of aromatic nitrogens is 2. The summed E-state index contributed by atoms with van der Waals surface area (Å²) in [6.07, 6.45) is 7.71. The second kappa shape index (κ2) is 6.61. The fourth-order valence-electron chi connectivity index (χ4n) is 2.66. The van der Waals surface area contributed by atoms with Crippen LogP contribution < -0.4 is 0 Å². The Balaban J connectivity index is 2.03. The van der Waals surface area contributed by atoms with Crippen LogP contribution in [0.4, 0.5) is 0 Å². The number of aromatic carboxylic acids is 1. The molecule has 0 radical (unpaired) electrons. The van der Waals surface area contributed by atoms with Gasteiger partial charge in [0, 0.05) is 12.7 Å². The molecule has 1 saturated heterocycles. The molecule has 5 nitrogen and oxygen atoms in total. The molecule has 0 bridgehead atoms. The van der Waals surface area contributed by atoms with E-state index in [0.717, 1.165) is 19.0 Å². The molecule has 1 aromatic heterocycles. The molecule has 1 aliphatic heterocycles. The zero-order chi connectivity index (χ0) is 13.7. The van der Waals surface area contributed by atoms with Gasteiger partial charge in [0.25, 0.3) is 0 Å². The first-order valence-corrected chi connectivity index (χ1v) is 6.95. The maximum absolute atomic E-state index is 11.1. The summed E-state index contributed by atoms with van der Waals surface area (Å²) in [7, 11) is 0. The van der Waals surface area contributed by atoms with Crippen molar-refractivity contribution >= 4 is 5.97 Å². The highest BCUT2D eigenvalue weighted by Crippen LogP contribution is 2.21. The summed E-state index contributed by atoms with van der Waals surface area (Å²) in [5.74, 6) is -0.133. The van der Waals surface area contributed by atoms with Crippen LogP contribution in [0.15, 0.2) is 12.5 Å². The van der Waals surface area contributed by atoms with E-state index in [1.165, 1.54) is 38.2 Å². The smallest absolute Gasteiger partial charge is 0.339 e. The molecule has 1 atom stereocenters. The lowest BCUT2D eigenvalue weighted by Crippen LogP contribution is -2.26. The van der Waals surface area contributed by atoms with Gasteiger partial charge in [0.05, 0.1) is 5.69 Å². The van der Waals surface area contributed by atoms with Gasteiger partial charge >= 0.3 is 5.97 Å². The Morgan fingerprint density at radius 3 is 3.05 bits per heavy atom. The van der Waals surface area contributed by atoms with Crippen LogP contribution in [0, 0.1) is 5.92 Å². The Morgan fingerprint density at radius 2 is 2.32 bits per heavy atom. The number of rotatable bonds is 4. The minimum absolute atomic E-state index is 0.221. The van der Waals surface area contributed by atoms with E-state index < -0.39 is 5.97 Å². The number of hydrogen-bond acceptors (Lipinski definition) is 4.